The summed E-state index contributed by atoms with van der Waals surface area (Å²) in [6, 6.07) is -0.111. The van der Waals surface area contributed by atoms with Gasteiger partial charge < -0.3 is 15.5 Å². The van der Waals surface area contributed by atoms with Crippen LogP contribution in [0.1, 0.15) is 19.3 Å². The van der Waals surface area contributed by atoms with Gasteiger partial charge in [-0.3, -0.25) is 14.3 Å². The van der Waals surface area contributed by atoms with E-state index in [1.165, 1.54) is 0 Å². The maximum atomic E-state index is 12.4. The summed E-state index contributed by atoms with van der Waals surface area (Å²) in [6.07, 6.45) is 5.62. The molecule has 1 aromatic rings. The van der Waals surface area contributed by atoms with Crippen LogP contribution >= 0.6 is 11.6 Å². The molecule has 120 valence electrons. The molecule has 0 radical (unpaired) electrons. The molecule has 2 amide bonds. The van der Waals surface area contributed by atoms with Crippen molar-refractivity contribution < 1.29 is 9.59 Å². The minimum atomic E-state index is -0.414. The van der Waals surface area contributed by atoms with Crippen molar-refractivity contribution in [1.82, 2.24) is 25.3 Å². The van der Waals surface area contributed by atoms with Crippen LogP contribution in [0, 0.1) is 0 Å². The molecule has 1 saturated carbocycles. The number of piperazine rings is 1. The molecular formula is C14H20ClN5O2. The van der Waals surface area contributed by atoms with Crippen LogP contribution in [0.3, 0.4) is 0 Å². The molecule has 2 fully saturated rings. The number of halogens is 1. The Labute approximate surface area is 134 Å². The molecule has 1 atom stereocenters. The highest BCUT2D eigenvalue weighted by Crippen LogP contribution is 2.19. The van der Waals surface area contributed by atoms with Crippen LogP contribution in [0.4, 0.5) is 0 Å². The lowest BCUT2D eigenvalue weighted by molar-refractivity contribution is -0.141. The van der Waals surface area contributed by atoms with E-state index in [1.54, 1.807) is 22.0 Å². The van der Waals surface area contributed by atoms with Crippen molar-refractivity contribution in [2.45, 2.75) is 37.9 Å². The summed E-state index contributed by atoms with van der Waals surface area (Å²) in [4.78, 5) is 26.4. The van der Waals surface area contributed by atoms with Crippen molar-refractivity contribution in [3.63, 3.8) is 0 Å². The molecule has 0 spiro atoms. The van der Waals surface area contributed by atoms with Crippen LogP contribution in [-0.4, -0.2) is 58.2 Å². The first-order valence-corrected chi connectivity index (χ1v) is 8.00. The quantitative estimate of drug-likeness (QED) is 0.799. The summed E-state index contributed by atoms with van der Waals surface area (Å²) in [5.41, 5.74) is 0. The predicted molar refractivity (Wildman–Crippen MR) is 81.4 cm³/mol. The summed E-state index contributed by atoms with van der Waals surface area (Å²) in [6.45, 7) is 2.25. The summed E-state index contributed by atoms with van der Waals surface area (Å²) in [5.74, 6) is -0.0748. The molecule has 7 nitrogen and oxygen atoms in total. The first-order valence-electron chi connectivity index (χ1n) is 7.62. The minimum absolute atomic E-state index is 0.0240. The third kappa shape index (κ3) is 3.78. The Hall–Kier alpha value is -1.60. The van der Waals surface area contributed by atoms with Crippen LogP contribution in [-0.2, 0) is 16.1 Å². The van der Waals surface area contributed by atoms with E-state index in [9.17, 15) is 9.59 Å². The standard InChI is InChI=1S/C14H20ClN5O2/c15-10-7-17-19(9-10)5-3-13(21)20-6-4-16-8-12(20)14(22)18-11-1-2-11/h7,9,11-12,16H,1-6,8H2,(H,18,22)/t12-/m1/s1. The van der Waals surface area contributed by atoms with Crippen molar-refractivity contribution in [2.75, 3.05) is 19.6 Å². The molecular weight excluding hydrogens is 306 g/mol. The Kier molecular flexibility index (Phi) is 4.63. The number of nitrogens with zero attached hydrogens (tertiary/aromatic N) is 3. The molecule has 22 heavy (non-hydrogen) atoms. The van der Waals surface area contributed by atoms with E-state index in [2.05, 4.69) is 15.7 Å². The zero-order valence-corrected chi connectivity index (χ0v) is 13.1. The molecule has 2 N–H and O–H groups in total. The predicted octanol–water partition coefficient (Wildman–Crippen LogP) is 0.00560. The van der Waals surface area contributed by atoms with Gasteiger partial charge in [0, 0.05) is 44.8 Å². The normalized spacial score (nSPS) is 21.7. The lowest BCUT2D eigenvalue weighted by Gasteiger charge is -2.35. The molecule has 0 unspecified atom stereocenters. The Balaban J connectivity index is 1.56. The molecule has 0 aromatic carbocycles. The van der Waals surface area contributed by atoms with Gasteiger partial charge in [0.05, 0.1) is 11.2 Å². The molecule has 1 saturated heterocycles. The van der Waals surface area contributed by atoms with E-state index in [1.807, 2.05) is 0 Å². The van der Waals surface area contributed by atoms with Crippen molar-refractivity contribution in [2.24, 2.45) is 0 Å². The fraction of sp³-hybridized carbons (Fsp3) is 0.643. The molecule has 1 aliphatic carbocycles. The van der Waals surface area contributed by atoms with E-state index < -0.39 is 6.04 Å². The van der Waals surface area contributed by atoms with Gasteiger partial charge in [0.1, 0.15) is 6.04 Å². The number of amides is 2. The van der Waals surface area contributed by atoms with Crippen molar-refractivity contribution in [3.05, 3.63) is 17.4 Å². The smallest absolute Gasteiger partial charge is 0.244 e. The number of rotatable bonds is 5. The zero-order valence-electron chi connectivity index (χ0n) is 12.3. The van der Waals surface area contributed by atoms with Gasteiger partial charge in [0.2, 0.25) is 11.8 Å². The monoisotopic (exact) mass is 325 g/mol. The maximum absolute atomic E-state index is 12.4. The number of carbonyl (C=O) groups is 2. The molecule has 2 heterocycles. The highest BCUT2D eigenvalue weighted by molar-refractivity contribution is 6.30. The van der Waals surface area contributed by atoms with Gasteiger partial charge in [-0.05, 0) is 12.8 Å². The van der Waals surface area contributed by atoms with Crippen molar-refractivity contribution >= 4 is 23.4 Å². The van der Waals surface area contributed by atoms with E-state index in [0.29, 0.717) is 43.7 Å². The molecule has 0 bridgehead atoms. The van der Waals surface area contributed by atoms with E-state index >= 15 is 0 Å². The summed E-state index contributed by atoms with van der Waals surface area (Å²) < 4.78 is 1.64. The number of aromatic nitrogens is 2. The Morgan fingerprint density at radius 3 is 2.95 bits per heavy atom. The highest BCUT2D eigenvalue weighted by Gasteiger charge is 2.34. The van der Waals surface area contributed by atoms with Gasteiger partial charge in [0.15, 0.2) is 0 Å². The average molecular weight is 326 g/mol. The molecule has 1 aromatic heterocycles. The summed E-state index contributed by atoms with van der Waals surface area (Å²) >= 11 is 5.80. The Morgan fingerprint density at radius 2 is 2.27 bits per heavy atom. The molecule has 3 rings (SSSR count). The fourth-order valence-electron chi connectivity index (χ4n) is 2.58. The van der Waals surface area contributed by atoms with Crippen LogP contribution < -0.4 is 10.6 Å². The zero-order chi connectivity index (χ0) is 15.5. The average Bonchev–Trinajstić information content (AvgIpc) is 3.24. The van der Waals surface area contributed by atoms with Gasteiger partial charge in [-0.1, -0.05) is 11.6 Å². The lowest BCUT2D eigenvalue weighted by atomic mass is 10.1. The van der Waals surface area contributed by atoms with Gasteiger partial charge in [-0.15, -0.1) is 0 Å². The minimum Gasteiger partial charge on any atom is -0.352 e. The number of aryl methyl sites for hydroxylation is 1. The van der Waals surface area contributed by atoms with Crippen molar-refractivity contribution in [3.8, 4) is 0 Å². The lowest BCUT2D eigenvalue weighted by Crippen LogP contribution is -2.59. The van der Waals surface area contributed by atoms with E-state index in [0.717, 1.165) is 12.8 Å². The SMILES string of the molecule is O=C(NC1CC1)[C@H]1CNCCN1C(=O)CCn1cc(Cl)cn1. The topological polar surface area (TPSA) is 79.3 Å². The van der Waals surface area contributed by atoms with Gasteiger partial charge in [-0.2, -0.15) is 5.10 Å². The first-order chi connectivity index (χ1) is 10.6. The summed E-state index contributed by atoms with van der Waals surface area (Å²) in [7, 11) is 0. The number of carbonyl (C=O) groups excluding carboxylic acids is 2. The number of hydrogen-bond acceptors (Lipinski definition) is 4. The van der Waals surface area contributed by atoms with Crippen LogP contribution in [0.15, 0.2) is 12.4 Å². The highest BCUT2D eigenvalue weighted by atomic mass is 35.5. The summed E-state index contributed by atoms with van der Waals surface area (Å²) in [5, 5.41) is 10.8. The van der Waals surface area contributed by atoms with Crippen molar-refractivity contribution in [1.29, 1.82) is 0 Å². The molecule has 8 heteroatoms. The van der Waals surface area contributed by atoms with Gasteiger partial charge in [0.25, 0.3) is 0 Å². The molecule has 2 aliphatic rings. The second-order valence-electron chi connectivity index (χ2n) is 5.76. The van der Waals surface area contributed by atoms with E-state index in [-0.39, 0.29) is 11.8 Å². The number of nitrogens with one attached hydrogen (secondary N) is 2. The van der Waals surface area contributed by atoms with E-state index in [4.69, 9.17) is 11.6 Å². The molecule has 1 aliphatic heterocycles. The largest absolute Gasteiger partial charge is 0.352 e. The maximum Gasteiger partial charge on any atom is 0.244 e. The van der Waals surface area contributed by atoms with Crippen LogP contribution in [0.5, 0.6) is 0 Å². The van der Waals surface area contributed by atoms with Crippen LogP contribution in [0.2, 0.25) is 5.02 Å². The van der Waals surface area contributed by atoms with Gasteiger partial charge in [-0.25, -0.2) is 0 Å². The van der Waals surface area contributed by atoms with Crippen LogP contribution in [0.25, 0.3) is 0 Å². The Bertz CT molecular complexity index is 557. The number of hydrogen-bond donors (Lipinski definition) is 2. The Morgan fingerprint density at radius 1 is 1.45 bits per heavy atom. The van der Waals surface area contributed by atoms with Gasteiger partial charge >= 0.3 is 0 Å². The second kappa shape index (κ2) is 6.66. The third-order valence-electron chi connectivity index (χ3n) is 3.95. The fourth-order valence-corrected chi connectivity index (χ4v) is 2.73. The second-order valence-corrected chi connectivity index (χ2v) is 6.20. The first kappa shape index (κ1) is 15.3. The third-order valence-corrected chi connectivity index (χ3v) is 4.14.